The number of carbonyl (C=O) groups is 2. The maximum Gasteiger partial charge on any atom is 0.305 e. The lowest BCUT2D eigenvalue weighted by Gasteiger charge is -2.05. The molecule has 0 aliphatic carbocycles. The molecule has 138 valence electrons. The van der Waals surface area contributed by atoms with Crippen molar-refractivity contribution in [1.82, 2.24) is 19.9 Å². The van der Waals surface area contributed by atoms with Crippen molar-refractivity contribution in [3.8, 4) is 11.4 Å². The fourth-order valence-electron chi connectivity index (χ4n) is 2.62. The van der Waals surface area contributed by atoms with Gasteiger partial charge in [0, 0.05) is 24.7 Å². The summed E-state index contributed by atoms with van der Waals surface area (Å²) in [5.74, 6) is -0.764. The molecule has 27 heavy (non-hydrogen) atoms. The van der Waals surface area contributed by atoms with Crippen LogP contribution in [-0.2, 0) is 11.8 Å². The summed E-state index contributed by atoms with van der Waals surface area (Å²) < 4.78 is 1.77. The molecule has 0 saturated heterocycles. The Bertz CT molecular complexity index is 1040. The molecule has 0 bridgehead atoms. The number of aliphatic carboxylic acids is 1. The third-order valence-electron chi connectivity index (χ3n) is 4.03. The van der Waals surface area contributed by atoms with Crippen LogP contribution in [0.1, 0.15) is 22.5 Å². The van der Waals surface area contributed by atoms with Crippen molar-refractivity contribution in [2.24, 2.45) is 12.8 Å². The van der Waals surface area contributed by atoms with E-state index in [0.717, 1.165) is 5.56 Å². The van der Waals surface area contributed by atoms with Gasteiger partial charge in [-0.15, -0.1) is 0 Å². The van der Waals surface area contributed by atoms with Gasteiger partial charge in [0.25, 0.3) is 5.91 Å². The maximum absolute atomic E-state index is 12.1. The van der Waals surface area contributed by atoms with Gasteiger partial charge in [-0.1, -0.05) is 24.3 Å². The van der Waals surface area contributed by atoms with Crippen LogP contribution in [-0.4, -0.2) is 43.9 Å². The molecule has 5 N–H and O–H groups in total. The van der Waals surface area contributed by atoms with Crippen LogP contribution >= 0.6 is 0 Å². The molecule has 2 heterocycles. The minimum atomic E-state index is -0.981. The van der Waals surface area contributed by atoms with Gasteiger partial charge in [0.1, 0.15) is 22.9 Å². The Kier molecular flexibility index (Phi) is 4.84. The second-order valence-corrected chi connectivity index (χ2v) is 5.92. The van der Waals surface area contributed by atoms with E-state index in [-0.39, 0.29) is 24.5 Å². The summed E-state index contributed by atoms with van der Waals surface area (Å²) in [7, 11) is 1.79. The minimum absolute atomic E-state index is 0.00762. The summed E-state index contributed by atoms with van der Waals surface area (Å²) in [5.41, 5.74) is 8.27. The Balaban J connectivity index is 1.89. The first-order valence-electron chi connectivity index (χ1n) is 8.15. The monoisotopic (exact) mass is 366 g/mol. The van der Waals surface area contributed by atoms with Crippen LogP contribution < -0.4 is 11.1 Å². The molecule has 0 spiro atoms. The molecule has 0 aliphatic rings. The third-order valence-corrected chi connectivity index (χ3v) is 4.03. The first-order valence-corrected chi connectivity index (χ1v) is 8.15. The molecule has 0 radical (unpaired) electrons. The Morgan fingerprint density at radius 1 is 1.19 bits per heavy atom. The fourth-order valence-corrected chi connectivity index (χ4v) is 2.62. The van der Waals surface area contributed by atoms with Crippen molar-refractivity contribution in [3.05, 3.63) is 47.7 Å². The molecule has 0 fully saturated rings. The Labute approximate surface area is 154 Å². The van der Waals surface area contributed by atoms with Crippen molar-refractivity contribution in [3.63, 3.8) is 0 Å². The number of hydrogen-bond donors (Lipinski definition) is 4. The van der Waals surface area contributed by atoms with Crippen LogP contribution in [0.25, 0.3) is 22.6 Å². The van der Waals surface area contributed by atoms with Crippen molar-refractivity contribution >= 4 is 28.9 Å². The van der Waals surface area contributed by atoms with E-state index in [1.165, 1.54) is 0 Å². The lowest BCUT2D eigenvalue weighted by Crippen LogP contribution is -2.26. The number of nitrogens with zero attached hydrogens (tertiary/aromatic N) is 3. The molecule has 2 aromatic heterocycles. The normalized spacial score (nSPS) is 10.7. The zero-order valence-electron chi connectivity index (χ0n) is 14.6. The van der Waals surface area contributed by atoms with Crippen molar-refractivity contribution in [2.75, 3.05) is 6.54 Å². The van der Waals surface area contributed by atoms with E-state index in [9.17, 15) is 9.59 Å². The predicted octanol–water partition coefficient (Wildman–Crippen LogP) is 1.12. The zero-order valence-corrected chi connectivity index (χ0v) is 14.6. The minimum Gasteiger partial charge on any atom is -0.481 e. The number of hydrogen-bond acceptors (Lipinski definition) is 5. The number of imidazole rings is 1. The number of rotatable bonds is 6. The van der Waals surface area contributed by atoms with Crippen LogP contribution in [0.2, 0.25) is 0 Å². The van der Waals surface area contributed by atoms with Crippen molar-refractivity contribution < 1.29 is 14.7 Å². The van der Waals surface area contributed by atoms with Crippen molar-refractivity contribution in [1.29, 1.82) is 5.41 Å². The Hall–Kier alpha value is -3.75. The second kappa shape index (κ2) is 7.24. The highest BCUT2D eigenvalue weighted by atomic mass is 16.4. The van der Waals surface area contributed by atoms with Crippen LogP contribution in [0.5, 0.6) is 0 Å². The van der Waals surface area contributed by atoms with E-state index in [0.29, 0.717) is 22.6 Å². The van der Waals surface area contributed by atoms with Crippen LogP contribution in [0, 0.1) is 5.41 Å². The molecule has 3 rings (SSSR count). The Morgan fingerprint density at radius 3 is 2.52 bits per heavy atom. The summed E-state index contributed by atoms with van der Waals surface area (Å²) in [5, 5.41) is 18.6. The molecule has 9 nitrogen and oxygen atoms in total. The number of fused-ring (bicyclic) bond motifs is 1. The molecule has 1 aromatic carbocycles. The highest BCUT2D eigenvalue weighted by Gasteiger charge is 2.15. The number of nitrogen functional groups attached to an aromatic ring is 1. The molecular formula is C18H18N6O3. The fraction of sp³-hybridized carbons (Fsp3) is 0.167. The van der Waals surface area contributed by atoms with Gasteiger partial charge < -0.3 is 20.7 Å². The number of nitrogens with one attached hydrogen (secondary N) is 2. The van der Waals surface area contributed by atoms with Gasteiger partial charge in [0.05, 0.1) is 6.42 Å². The average molecular weight is 366 g/mol. The molecule has 0 atom stereocenters. The summed E-state index contributed by atoms with van der Waals surface area (Å²) >= 11 is 0. The highest BCUT2D eigenvalue weighted by molar-refractivity contribution is 5.96. The standard InChI is InChI=1S/C18H18N6O3/c1-24-16(11-4-2-10(3-5-11)15(19)20)22-12-6-7-13(23-17(12)24)18(27)21-9-8-14(25)26/h2-7H,8-9H2,1H3,(H3,19,20)(H,21,27)(H,25,26). The maximum atomic E-state index is 12.1. The smallest absolute Gasteiger partial charge is 0.305 e. The topological polar surface area (TPSA) is 147 Å². The van der Waals surface area contributed by atoms with E-state index in [2.05, 4.69) is 15.3 Å². The van der Waals surface area contributed by atoms with E-state index in [1.807, 2.05) is 12.1 Å². The van der Waals surface area contributed by atoms with Gasteiger partial charge in [-0.3, -0.25) is 15.0 Å². The number of carboxylic acid groups (broad SMARTS) is 1. The van der Waals surface area contributed by atoms with E-state index < -0.39 is 11.9 Å². The number of aromatic nitrogens is 3. The largest absolute Gasteiger partial charge is 0.481 e. The first kappa shape index (κ1) is 18.1. The molecule has 0 saturated carbocycles. The van der Waals surface area contributed by atoms with Crippen molar-refractivity contribution in [2.45, 2.75) is 6.42 Å². The van der Waals surface area contributed by atoms with Crippen LogP contribution in [0.15, 0.2) is 36.4 Å². The number of nitrogens with two attached hydrogens (primary N) is 1. The zero-order chi connectivity index (χ0) is 19.6. The number of aryl methyl sites for hydroxylation is 1. The number of amidine groups is 1. The number of amides is 1. The second-order valence-electron chi connectivity index (χ2n) is 5.92. The van der Waals surface area contributed by atoms with Gasteiger partial charge in [0.15, 0.2) is 5.65 Å². The molecule has 1 amide bonds. The van der Waals surface area contributed by atoms with Crippen LogP contribution in [0.3, 0.4) is 0 Å². The number of carbonyl (C=O) groups excluding carboxylic acids is 1. The lowest BCUT2D eigenvalue weighted by molar-refractivity contribution is -0.136. The van der Waals surface area contributed by atoms with E-state index in [4.69, 9.17) is 16.2 Å². The average Bonchev–Trinajstić information content (AvgIpc) is 2.97. The van der Waals surface area contributed by atoms with Crippen LogP contribution in [0.4, 0.5) is 0 Å². The van der Waals surface area contributed by atoms with E-state index >= 15 is 0 Å². The quantitative estimate of drug-likeness (QED) is 0.380. The van der Waals surface area contributed by atoms with Gasteiger partial charge in [-0.05, 0) is 12.1 Å². The summed E-state index contributed by atoms with van der Waals surface area (Å²) in [6.07, 6.45) is -0.153. The summed E-state index contributed by atoms with van der Waals surface area (Å²) in [4.78, 5) is 31.6. The molecule has 9 heteroatoms. The number of benzene rings is 1. The molecule has 3 aromatic rings. The Morgan fingerprint density at radius 2 is 1.89 bits per heavy atom. The van der Waals surface area contributed by atoms with Gasteiger partial charge in [0.2, 0.25) is 0 Å². The SMILES string of the molecule is Cn1c(-c2ccc(C(=N)N)cc2)nc2ccc(C(=O)NCCC(=O)O)nc21. The first-order chi connectivity index (χ1) is 12.9. The van der Waals surface area contributed by atoms with Gasteiger partial charge >= 0.3 is 5.97 Å². The highest BCUT2D eigenvalue weighted by Crippen LogP contribution is 2.23. The molecule has 0 aliphatic heterocycles. The molecular weight excluding hydrogens is 348 g/mol. The lowest BCUT2D eigenvalue weighted by atomic mass is 10.1. The van der Waals surface area contributed by atoms with E-state index in [1.54, 1.807) is 35.9 Å². The number of carboxylic acids is 1. The van der Waals surface area contributed by atoms with Gasteiger partial charge in [-0.25, -0.2) is 9.97 Å². The summed E-state index contributed by atoms with van der Waals surface area (Å²) in [6.45, 7) is 0.0347. The number of pyridine rings is 1. The van der Waals surface area contributed by atoms with Gasteiger partial charge in [-0.2, -0.15) is 0 Å². The third kappa shape index (κ3) is 3.76. The molecule has 0 unspecified atom stereocenters. The summed E-state index contributed by atoms with van der Waals surface area (Å²) in [6, 6.07) is 10.4. The predicted molar refractivity (Wildman–Crippen MR) is 99.5 cm³/mol.